The molecule has 39 heavy (non-hydrogen) atoms. The molecule has 1 amide bonds. The maximum absolute atomic E-state index is 12.8. The number of nitrogens with one attached hydrogen (secondary N) is 1. The Labute approximate surface area is 234 Å². The first kappa shape index (κ1) is 28.8. The van der Waals surface area contributed by atoms with Crippen LogP contribution < -0.4 is 10.2 Å². The first-order valence-corrected chi connectivity index (χ1v) is 14.4. The van der Waals surface area contributed by atoms with Gasteiger partial charge in [0, 0.05) is 47.9 Å². The molecule has 2 heterocycles. The molecular formula is C31H37N3O4S. The van der Waals surface area contributed by atoms with Gasteiger partial charge in [0.05, 0.1) is 12.2 Å². The van der Waals surface area contributed by atoms with E-state index in [4.69, 9.17) is 4.74 Å². The second kappa shape index (κ2) is 13.2. The van der Waals surface area contributed by atoms with E-state index < -0.39 is 24.4 Å². The largest absolute Gasteiger partial charge is 0.393 e. The number of aliphatic hydroxyl groups is 2. The highest BCUT2D eigenvalue weighted by Crippen LogP contribution is 2.35. The van der Waals surface area contributed by atoms with Gasteiger partial charge in [0.1, 0.15) is 11.6 Å². The Balaban J connectivity index is 1.50. The van der Waals surface area contributed by atoms with Crippen LogP contribution in [0.1, 0.15) is 51.3 Å². The molecular weight excluding hydrogens is 510 g/mol. The fourth-order valence-corrected chi connectivity index (χ4v) is 6.02. The molecule has 4 rings (SSSR count). The number of allylic oxidation sites excluding steroid dienone is 1. The molecule has 1 aliphatic rings. The lowest BCUT2D eigenvalue weighted by atomic mass is 10.0. The quantitative estimate of drug-likeness (QED) is 0.230. The second-order valence-electron chi connectivity index (χ2n) is 10.1. The average molecular weight is 548 g/mol. The number of amides is 1. The Morgan fingerprint density at radius 1 is 1.08 bits per heavy atom. The molecule has 1 fully saturated rings. The molecule has 1 aliphatic heterocycles. The van der Waals surface area contributed by atoms with E-state index in [9.17, 15) is 20.3 Å². The topological polar surface area (TPSA) is 106 Å². The van der Waals surface area contributed by atoms with E-state index in [-0.39, 0.29) is 18.5 Å². The summed E-state index contributed by atoms with van der Waals surface area (Å²) in [5.41, 5.74) is 2.99. The highest BCUT2D eigenvalue weighted by Gasteiger charge is 2.27. The van der Waals surface area contributed by atoms with Crippen LogP contribution in [0.4, 0.5) is 5.69 Å². The number of anilines is 1. The highest BCUT2D eigenvalue weighted by atomic mass is 32.1. The van der Waals surface area contributed by atoms with Crippen LogP contribution in [0.3, 0.4) is 0 Å². The Kier molecular flexibility index (Phi) is 9.76. The third-order valence-corrected chi connectivity index (χ3v) is 8.25. The summed E-state index contributed by atoms with van der Waals surface area (Å²) >= 11 is 1.54. The fourth-order valence-electron chi connectivity index (χ4n) is 5.01. The summed E-state index contributed by atoms with van der Waals surface area (Å²) in [7, 11) is 0. The molecule has 0 bridgehead atoms. The highest BCUT2D eigenvalue weighted by molar-refractivity contribution is 7.16. The van der Waals surface area contributed by atoms with Crippen LogP contribution in [0.25, 0.3) is 26.8 Å². The van der Waals surface area contributed by atoms with Crippen molar-refractivity contribution in [1.82, 2.24) is 5.32 Å². The number of aliphatic hydroxyl groups excluding tert-OH is 2. The van der Waals surface area contributed by atoms with Crippen molar-refractivity contribution in [3.8, 4) is 16.5 Å². The zero-order chi connectivity index (χ0) is 27.9. The number of carbonyl (C=O) groups excluding carboxylic acids is 1. The molecule has 206 valence electrons. The van der Waals surface area contributed by atoms with Gasteiger partial charge < -0.3 is 25.2 Å². The zero-order valence-corrected chi connectivity index (χ0v) is 23.6. The number of thiophene rings is 1. The van der Waals surface area contributed by atoms with Gasteiger partial charge in [-0.1, -0.05) is 32.0 Å². The van der Waals surface area contributed by atoms with Crippen molar-refractivity contribution in [2.45, 2.75) is 65.0 Å². The van der Waals surface area contributed by atoms with Gasteiger partial charge in [-0.2, -0.15) is 5.26 Å². The van der Waals surface area contributed by atoms with Gasteiger partial charge >= 0.3 is 0 Å². The first-order chi connectivity index (χ1) is 18.8. The number of hydrogen-bond donors (Lipinski definition) is 3. The molecule has 0 saturated carbocycles. The molecule has 2 aromatic carbocycles. The van der Waals surface area contributed by atoms with Crippen LogP contribution in [0.2, 0.25) is 0 Å². The molecule has 0 aliphatic carbocycles. The maximum atomic E-state index is 12.8. The Morgan fingerprint density at radius 2 is 1.79 bits per heavy atom. The molecule has 3 atom stereocenters. The van der Waals surface area contributed by atoms with Gasteiger partial charge in [-0.15, -0.1) is 11.3 Å². The van der Waals surface area contributed by atoms with E-state index >= 15 is 0 Å². The van der Waals surface area contributed by atoms with Gasteiger partial charge in [-0.25, -0.2) is 0 Å². The summed E-state index contributed by atoms with van der Waals surface area (Å²) in [6, 6.07) is 19.1. The summed E-state index contributed by atoms with van der Waals surface area (Å²) in [6.07, 6.45) is 0.463. The van der Waals surface area contributed by atoms with Crippen LogP contribution in [0.5, 0.6) is 0 Å². The number of ether oxygens (including phenoxy) is 1. The number of carbonyl (C=O) groups is 1. The van der Waals surface area contributed by atoms with Crippen LogP contribution in [0.15, 0.2) is 54.1 Å². The average Bonchev–Trinajstić information content (AvgIpc) is 3.41. The molecule has 1 saturated heterocycles. The molecule has 1 aromatic heterocycles. The molecule has 2 unspecified atom stereocenters. The predicted molar refractivity (Wildman–Crippen MR) is 157 cm³/mol. The van der Waals surface area contributed by atoms with E-state index in [0.29, 0.717) is 12.0 Å². The summed E-state index contributed by atoms with van der Waals surface area (Å²) in [5, 5.41) is 34.3. The first-order valence-electron chi connectivity index (χ1n) is 13.6. The number of rotatable bonds is 10. The van der Waals surface area contributed by atoms with E-state index in [1.165, 1.54) is 16.5 Å². The van der Waals surface area contributed by atoms with Crippen molar-refractivity contribution in [2.75, 3.05) is 24.5 Å². The van der Waals surface area contributed by atoms with Crippen molar-refractivity contribution < 1.29 is 19.7 Å². The number of benzene rings is 2. The van der Waals surface area contributed by atoms with E-state index in [1.807, 2.05) is 18.2 Å². The monoisotopic (exact) mass is 547 g/mol. The minimum Gasteiger partial charge on any atom is -0.393 e. The van der Waals surface area contributed by atoms with Crippen LogP contribution >= 0.6 is 11.3 Å². The molecule has 3 aromatic rings. The molecule has 8 heteroatoms. The normalized spacial score (nSPS) is 19.8. The minimum atomic E-state index is -1.05. The lowest BCUT2D eigenvalue weighted by Crippen LogP contribution is -2.42. The number of fused-ring (bicyclic) bond motifs is 1. The molecule has 0 radical (unpaired) electrons. The maximum Gasteiger partial charge on any atom is 0.262 e. The lowest BCUT2D eigenvalue weighted by Gasteiger charge is -2.30. The van der Waals surface area contributed by atoms with Gasteiger partial charge in [0.15, 0.2) is 6.29 Å². The predicted octanol–water partition coefficient (Wildman–Crippen LogP) is 5.47. The Morgan fingerprint density at radius 3 is 2.49 bits per heavy atom. The van der Waals surface area contributed by atoms with Crippen molar-refractivity contribution in [2.24, 2.45) is 0 Å². The molecule has 0 spiro atoms. The fraction of sp³-hybridized carbons (Fsp3) is 0.419. The third kappa shape index (κ3) is 7.06. The van der Waals surface area contributed by atoms with Crippen molar-refractivity contribution >= 4 is 39.3 Å². The number of nitrogens with zero attached hydrogens (tertiary/aromatic N) is 2. The summed E-state index contributed by atoms with van der Waals surface area (Å²) in [6.45, 7) is 8.39. The summed E-state index contributed by atoms with van der Waals surface area (Å²) < 4.78 is 5.37. The van der Waals surface area contributed by atoms with E-state index in [0.717, 1.165) is 41.2 Å². The van der Waals surface area contributed by atoms with Gasteiger partial charge in [0.25, 0.3) is 5.91 Å². The van der Waals surface area contributed by atoms with Gasteiger partial charge in [-0.3, -0.25) is 4.79 Å². The smallest absolute Gasteiger partial charge is 0.262 e. The summed E-state index contributed by atoms with van der Waals surface area (Å²) in [4.78, 5) is 17.2. The standard InChI is InChI=1S/C31H37N3O4S/c1-4-12-34(13-5-2)24-9-8-21-14-23(7-6-22(21)15-24)29-11-10-28(39-29)20(3)27(18-32)31(37)33-19-26-16-25(35)17-30(36)38-26/h6-11,14-15,25-26,30,35-36H,4-5,12-13,16-17,19H2,1-3H3,(H,33,37)/b27-20+/t25?,26-,30?/m0/s1. The van der Waals surface area contributed by atoms with Crippen LogP contribution in [-0.4, -0.2) is 54.3 Å². The van der Waals surface area contributed by atoms with Gasteiger partial charge in [0.2, 0.25) is 0 Å². The zero-order valence-electron chi connectivity index (χ0n) is 22.8. The number of nitriles is 1. The van der Waals surface area contributed by atoms with Crippen molar-refractivity contribution in [3.05, 3.63) is 59.0 Å². The van der Waals surface area contributed by atoms with Crippen molar-refractivity contribution in [1.29, 1.82) is 5.26 Å². The van der Waals surface area contributed by atoms with Crippen LogP contribution in [0, 0.1) is 11.3 Å². The number of hydrogen-bond acceptors (Lipinski definition) is 7. The summed E-state index contributed by atoms with van der Waals surface area (Å²) in [5.74, 6) is -0.496. The molecule has 7 nitrogen and oxygen atoms in total. The SMILES string of the molecule is CCCN(CCC)c1ccc2cc(-c3ccc(/C(C)=C(\C#N)C(=O)NC[C@@H]4CC(O)CC(O)O4)s3)ccc2c1. The van der Waals surface area contributed by atoms with Crippen LogP contribution in [-0.2, 0) is 9.53 Å². The van der Waals surface area contributed by atoms with E-state index in [2.05, 4.69) is 60.5 Å². The minimum absolute atomic E-state index is 0.0371. The van der Waals surface area contributed by atoms with E-state index in [1.54, 1.807) is 18.3 Å². The van der Waals surface area contributed by atoms with Crippen molar-refractivity contribution in [3.63, 3.8) is 0 Å². The third-order valence-electron chi connectivity index (χ3n) is 7.00. The second-order valence-corrected chi connectivity index (χ2v) is 11.1. The van der Waals surface area contributed by atoms with Gasteiger partial charge in [-0.05, 0) is 72.0 Å². The Hall–Kier alpha value is -3.22. The Bertz CT molecular complexity index is 1360. The lowest BCUT2D eigenvalue weighted by molar-refractivity contribution is -0.187. The molecule has 3 N–H and O–H groups in total.